The minimum absolute atomic E-state index is 0.0336. The number of hydrogen-bond acceptors (Lipinski definition) is 4. The normalized spacial score (nSPS) is 16.9. The van der Waals surface area contributed by atoms with Crippen LogP contribution in [-0.4, -0.2) is 30.1 Å². The predicted molar refractivity (Wildman–Crippen MR) is 66.2 cm³/mol. The highest BCUT2D eigenvalue weighted by molar-refractivity contribution is 6.32. The van der Waals surface area contributed by atoms with Crippen molar-refractivity contribution < 1.29 is 9.53 Å². The maximum atomic E-state index is 10.8. The van der Waals surface area contributed by atoms with E-state index in [2.05, 4.69) is 9.88 Å². The van der Waals surface area contributed by atoms with Crippen LogP contribution in [0.25, 0.3) is 0 Å². The summed E-state index contributed by atoms with van der Waals surface area (Å²) in [4.78, 5) is 17.2. The number of carbonyl (C=O) groups excluding carboxylic acids is 1. The molecule has 0 atom stereocenters. The molecule has 17 heavy (non-hydrogen) atoms. The van der Waals surface area contributed by atoms with Gasteiger partial charge in [0.25, 0.3) is 0 Å². The van der Waals surface area contributed by atoms with Crippen molar-refractivity contribution in [3.05, 3.63) is 23.4 Å². The summed E-state index contributed by atoms with van der Waals surface area (Å²) in [6.07, 6.45) is 3.42. The average Bonchev–Trinajstić information content (AvgIpc) is 2.30. The first-order valence-electron chi connectivity index (χ1n) is 5.69. The van der Waals surface area contributed by atoms with E-state index in [-0.39, 0.29) is 12.1 Å². The Bertz CT molecular complexity index is 403. The number of nitrogens with zero attached hydrogens (tertiary/aromatic N) is 2. The molecule has 0 spiro atoms. The van der Waals surface area contributed by atoms with Gasteiger partial charge in [-0.2, -0.15) is 0 Å². The van der Waals surface area contributed by atoms with Gasteiger partial charge >= 0.3 is 5.97 Å². The molecule has 0 amide bonds. The largest absolute Gasteiger partial charge is 0.462 e. The average molecular weight is 255 g/mol. The topological polar surface area (TPSA) is 42.4 Å². The molecule has 0 radical (unpaired) electrons. The first kappa shape index (κ1) is 12.2. The highest BCUT2D eigenvalue weighted by atomic mass is 35.5. The molecule has 0 bridgehead atoms. The van der Waals surface area contributed by atoms with Gasteiger partial charge in [0.15, 0.2) is 0 Å². The molecule has 92 valence electrons. The molecule has 1 saturated heterocycles. The third kappa shape index (κ3) is 3.09. The molecule has 0 aliphatic carbocycles. The number of ether oxygens (including phenoxy) is 1. The monoisotopic (exact) mass is 254 g/mol. The van der Waals surface area contributed by atoms with Gasteiger partial charge in [0.2, 0.25) is 0 Å². The van der Waals surface area contributed by atoms with Crippen LogP contribution in [0.1, 0.15) is 19.8 Å². The van der Waals surface area contributed by atoms with Crippen molar-refractivity contribution in [1.29, 1.82) is 0 Å². The Kier molecular flexibility index (Phi) is 3.84. The van der Waals surface area contributed by atoms with Crippen LogP contribution in [0.15, 0.2) is 18.3 Å². The Labute approximate surface area is 106 Å². The van der Waals surface area contributed by atoms with Crippen LogP contribution in [0.2, 0.25) is 5.02 Å². The molecule has 5 heteroatoms. The van der Waals surface area contributed by atoms with E-state index in [0.29, 0.717) is 5.02 Å². The molecule has 0 N–H and O–H groups in total. The fourth-order valence-electron chi connectivity index (χ4n) is 2.03. The standard InChI is InChI=1S/C12H15ClN2O2/c1-9(16)17-10-4-7-15(8-5-10)12-11(13)3-2-6-14-12/h2-3,6,10H,4-5,7-8H2,1H3. The van der Waals surface area contributed by atoms with E-state index in [0.717, 1.165) is 31.7 Å². The summed E-state index contributed by atoms with van der Waals surface area (Å²) >= 11 is 6.09. The minimum Gasteiger partial charge on any atom is -0.462 e. The van der Waals surface area contributed by atoms with E-state index in [9.17, 15) is 4.79 Å². The number of pyridine rings is 1. The van der Waals surface area contributed by atoms with Crippen LogP contribution in [0.3, 0.4) is 0 Å². The number of piperidine rings is 1. The van der Waals surface area contributed by atoms with Gasteiger partial charge in [0, 0.05) is 39.1 Å². The van der Waals surface area contributed by atoms with E-state index in [1.807, 2.05) is 12.1 Å². The Morgan fingerprint density at radius 2 is 2.24 bits per heavy atom. The van der Waals surface area contributed by atoms with E-state index in [4.69, 9.17) is 16.3 Å². The van der Waals surface area contributed by atoms with E-state index in [1.165, 1.54) is 6.92 Å². The smallest absolute Gasteiger partial charge is 0.302 e. The highest BCUT2D eigenvalue weighted by Gasteiger charge is 2.23. The molecule has 1 aromatic rings. The van der Waals surface area contributed by atoms with Crippen molar-refractivity contribution in [1.82, 2.24) is 4.98 Å². The number of rotatable bonds is 2. The molecule has 1 aromatic heterocycles. The van der Waals surface area contributed by atoms with Gasteiger partial charge in [-0.1, -0.05) is 11.6 Å². The SMILES string of the molecule is CC(=O)OC1CCN(c2ncccc2Cl)CC1. The van der Waals surface area contributed by atoms with Crippen molar-refractivity contribution in [3.63, 3.8) is 0 Å². The first-order chi connectivity index (χ1) is 8.16. The van der Waals surface area contributed by atoms with Gasteiger partial charge in [-0.05, 0) is 12.1 Å². The fourth-order valence-corrected chi connectivity index (χ4v) is 2.27. The Morgan fingerprint density at radius 3 is 2.82 bits per heavy atom. The minimum atomic E-state index is -0.209. The van der Waals surface area contributed by atoms with Gasteiger partial charge in [-0.25, -0.2) is 4.98 Å². The van der Waals surface area contributed by atoms with Crippen LogP contribution < -0.4 is 4.90 Å². The molecule has 4 nitrogen and oxygen atoms in total. The molecule has 2 rings (SSSR count). The van der Waals surface area contributed by atoms with Gasteiger partial charge in [-0.3, -0.25) is 4.79 Å². The van der Waals surface area contributed by atoms with Crippen LogP contribution in [0.4, 0.5) is 5.82 Å². The third-order valence-corrected chi connectivity index (χ3v) is 3.11. The Morgan fingerprint density at radius 1 is 1.53 bits per heavy atom. The zero-order valence-corrected chi connectivity index (χ0v) is 10.5. The van der Waals surface area contributed by atoms with E-state index < -0.39 is 0 Å². The number of aromatic nitrogens is 1. The molecule has 1 aliphatic rings. The second-order valence-electron chi connectivity index (χ2n) is 4.10. The Hall–Kier alpha value is -1.29. The summed E-state index contributed by atoms with van der Waals surface area (Å²) in [5.41, 5.74) is 0. The molecule has 1 fully saturated rings. The van der Waals surface area contributed by atoms with Crippen LogP contribution in [0, 0.1) is 0 Å². The lowest BCUT2D eigenvalue weighted by Gasteiger charge is -2.32. The summed E-state index contributed by atoms with van der Waals surface area (Å²) in [5, 5.41) is 0.665. The fraction of sp³-hybridized carbons (Fsp3) is 0.500. The number of hydrogen-bond donors (Lipinski definition) is 0. The maximum absolute atomic E-state index is 10.8. The van der Waals surface area contributed by atoms with Crippen molar-refractivity contribution in [2.24, 2.45) is 0 Å². The second kappa shape index (κ2) is 5.36. The van der Waals surface area contributed by atoms with Gasteiger partial charge < -0.3 is 9.64 Å². The summed E-state index contributed by atoms with van der Waals surface area (Å²) in [6.45, 7) is 3.07. The lowest BCUT2D eigenvalue weighted by molar-refractivity contribution is -0.147. The van der Waals surface area contributed by atoms with Gasteiger partial charge in [-0.15, -0.1) is 0 Å². The van der Waals surface area contributed by atoms with Crippen LogP contribution in [-0.2, 0) is 9.53 Å². The second-order valence-corrected chi connectivity index (χ2v) is 4.51. The molecule has 2 heterocycles. The zero-order chi connectivity index (χ0) is 12.3. The number of halogens is 1. The van der Waals surface area contributed by atoms with Crippen molar-refractivity contribution in [2.75, 3.05) is 18.0 Å². The summed E-state index contributed by atoms with van der Waals surface area (Å²) in [6, 6.07) is 3.65. The van der Waals surface area contributed by atoms with Crippen LogP contribution in [0.5, 0.6) is 0 Å². The van der Waals surface area contributed by atoms with Crippen molar-refractivity contribution in [3.8, 4) is 0 Å². The lowest BCUT2D eigenvalue weighted by Crippen LogP contribution is -2.38. The van der Waals surface area contributed by atoms with E-state index >= 15 is 0 Å². The molecular formula is C12H15ClN2O2. The first-order valence-corrected chi connectivity index (χ1v) is 6.07. The number of anilines is 1. The molecule has 0 aromatic carbocycles. The van der Waals surface area contributed by atoms with E-state index in [1.54, 1.807) is 6.20 Å². The molecule has 0 unspecified atom stereocenters. The van der Waals surface area contributed by atoms with Gasteiger partial charge in [0.1, 0.15) is 11.9 Å². The quantitative estimate of drug-likeness (QED) is 0.760. The summed E-state index contributed by atoms with van der Waals surface area (Å²) in [5.74, 6) is 0.606. The summed E-state index contributed by atoms with van der Waals surface area (Å²) < 4.78 is 5.19. The zero-order valence-electron chi connectivity index (χ0n) is 9.73. The van der Waals surface area contributed by atoms with Crippen LogP contribution >= 0.6 is 11.6 Å². The summed E-state index contributed by atoms with van der Waals surface area (Å²) in [7, 11) is 0. The van der Waals surface area contributed by atoms with Crippen molar-refractivity contribution >= 4 is 23.4 Å². The highest BCUT2D eigenvalue weighted by Crippen LogP contribution is 2.26. The molecular weight excluding hydrogens is 240 g/mol. The maximum Gasteiger partial charge on any atom is 0.302 e. The van der Waals surface area contributed by atoms with Gasteiger partial charge in [0.05, 0.1) is 5.02 Å². The molecule has 0 saturated carbocycles. The number of esters is 1. The lowest BCUT2D eigenvalue weighted by atomic mass is 10.1. The number of carbonyl (C=O) groups is 1. The molecule has 1 aliphatic heterocycles. The predicted octanol–water partition coefficient (Wildman–Crippen LogP) is 2.27. The Balaban J connectivity index is 1.95. The third-order valence-electron chi connectivity index (χ3n) is 2.81. The van der Waals surface area contributed by atoms with Crippen molar-refractivity contribution in [2.45, 2.75) is 25.9 Å².